The molecule has 0 aliphatic rings. The molecule has 0 radical (unpaired) electrons. The molecule has 10 heteroatoms. The molecule has 2 N–H and O–H groups in total. The van der Waals surface area contributed by atoms with Crippen molar-refractivity contribution in [2.75, 3.05) is 26.6 Å². The number of methoxy groups -OCH3 is 3. The van der Waals surface area contributed by atoms with Crippen LogP contribution in [-0.4, -0.2) is 37.5 Å². The summed E-state index contributed by atoms with van der Waals surface area (Å²) in [6.07, 6.45) is 0. The van der Waals surface area contributed by atoms with E-state index in [2.05, 4.69) is 36.7 Å². The molecule has 3 rings (SSSR count). The van der Waals surface area contributed by atoms with Gasteiger partial charge < -0.3 is 29.4 Å². The molecule has 9 nitrogen and oxygen atoms in total. The van der Waals surface area contributed by atoms with E-state index in [1.54, 1.807) is 24.3 Å². The first-order valence-corrected chi connectivity index (χ1v) is 9.26. The van der Waals surface area contributed by atoms with Gasteiger partial charge in [0.15, 0.2) is 11.5 Å². The number of halogens is 1. The standard InChI is InChI=1S/C19H19BrN4O5/c1-26-14-8-11(9-15(27-2)17(14)28-3)18-23-16(29-24-18)10-21-19(25)22-13-6-4-12(20)5-7-13/h4-9H,10H2,1-3H3,(H2,21,22,25). The second kappa shape index (κ2) is 9.28. The van der Waals surface area contributed by atoms with Crippen LogP contribution in [0.25, 0.3) is 11.4 Å². The van der Waals surface area contributed by atoms with Crippen LogP contribution in [0.5, 0.6) is 17.2 Å². The van der Waals surface area contributed by atoms with Gasteiger partial charge in [0.2, 0.25) is 17.5 Å². The maximum atomic E-state index is 12.0. The third-order valence-corrected chi connectivity index (χ3v) is 4.42. The van der Waals surface area contributed by atoms with Crippen molar-refractivity contribution in [1.29, 1.82) is 0 Å². The van der Waals surface area contributed by atoms with Gasteiger partial charge in [0.1, 0.15) is 0 Å². The van der Waals surface area contributed by atoms with E-state index in [1.807, 2.05) is 12.1 Å². The maximum Gasteiger partial charge on any atom is 0.319 e. The highest BCUT2D eigenvalue weighted by molar-refractivity contribution is 9.10. The molecule has 0 saturated heterocycles. The highest BCUT2D eigenvalue weighted by Crippen LogP contribution is 2.40. The number of urea groups is 1. The van der Waals surface area contributed by atoms with Gasteiger partial charge in [-0.25, -0.2) is 4.79 Å². The van der Waals surface area contributed by atoms with Crippen LogP contribution in [0.4, 0.5) is 10.5 Å². The summed E-state index contributed by atoms with van der Waals surface area (Å²) in [5.74, 6) is 1.99. The zero-order valence-electron chi connectivity index (χ0n) is 16.0. The summed E-state index contributed by atoms with van der Waals surface area (Å²) in [4.78, 5) is 16.3. The van der Waals surface area contributed by atoms with Crippen molar-refractivity contribution in [3.63, 3.8) is 0 Å². The molecule has 0 spiro atoms. The van der Waals surface area contributed by atoms with Crippen LogP contribution >= 0.6 is 15.9 Å². The number of hydrogen-bond acceptors (Lipinski definition) is 7. The predicted octanol–water partition coefficient (Wildman–Crippen LogP) is 3.85. The number of ether oxygens (including phenoxy) is 3. The zero-order chi connectivity index (χ0) is 20.8. The van der Waals surface area contributed by atoms with Gasteiger partial charge in [0.25, 0.3) is 0 Å². The van der Waals surface area contributed by atoms with Crippen molar-refractivity contribution in [1.82, 2.24) is 15.5 Å². The fraction of sp³-hybridized carbons (Fsp3) is 0.211. The summed E-state index contributed by atoms with van der Waals surface area (Å²) in [5.41, 5.74) is 1.28. The molecule has 29 heavy (non-hydrogen) atoms. The lowest BCUT2D eigenvalue weighted by Gasteiger charge is -2.12. The molecule has 0 saturated carbocycles. The third-order valence-electron chi connectivity index (χ3n) is 3.89. The molecule has 0 unspecified atom stereocenters. The van der Waals surface area contributed by atoms with E-state index >= 15 is 0 Å². The summed E-state index contributed by atoms with van der Waals surface area (Å²) in [7, 11) is 4.57. The molecule has 0 bridgehead atoms. The van der Waals surface area contributed by atoms with E-state index in [0.29, 0.717) is 34.3 Å². The number of amides is 2. The number of carbonyl (C=O) groups is 1. The molecule has 1 heterocycles. The van der Waals surface area contributed by atoms with Crippen molar-refractivity contribution in [3.8, 4) is 28.6 Å². The lowest BCUT2D eigenvalue weighted by molar-refractivity contribution is 0.249. The fourth-order valence-corrected chi connectivity index (χ4v) is 2.78. The van der Waals surface area contributed by atoms with Gasteiger partial charge in [-0.3, -0.25) is 0 Å². The highest BCUT2D eigenvalue weighted by atomic mass is 79.9. The van der Waals surface area contributed by atoms with E-state index in [4.69, 9.17) is 18.7 Å². The molecule has 3 aromatic rings. The van der Waals surface area contributed by atoms with Gasteiger partial charge in [-0.2, -0.15) is 4.98 Å². The second-order valence-corrected chi connectivity index (χ2v) is 6.66. The van der Waals surface area contributed by atoms with Crippen LogP contribution in [0.15, 0.2) is 45.4 Å². The van der Waals surface area contributed by atoms with Crippen LogP contribution in [0.3, 0.4) is 0 Å². The molecule has 2 aromatic carbocycles. The largest absolute Gasteiger partial charge is 0.493 e. The highest BCUT2D eigenvalue weighted by Gasteiger charge is 2.17. The van der Waals surface area contributed by atoms with Crippen LogP contribution < -0.4 is 24.8 Å². The van der Waals surface area contributed by atoms with Crippen LogP contribution in [0.1, 0.15) is 5.89 Å². The summed E-state index contributed by atoms with van der Waals surface area (Å²) in [6, 6.07) is 10.2. The summed E-state index contributed by atoms with van der Waals surface area (Å²) in [5, 5.41) is 9.33. The minimum absolute atomic E-state index is 0.0692. The molecule has 0 aliphatic heterocycles. The van der Waals surface area contributed by atoms with Gasteiger partial charge in [-0.15, -0.1) is 0 Å². The molecule has 152 valence electrons. The predicted molar refractivity (Wildman–Crippen MR) is 109 cm³/mol. The SMILES string of the molecule is COc1cc(-c2noc(CNC(=O)Nc3ccc(Br)cc3)n2)cc(OC)c1OC. The average Bonchev–Trinajstić information content (AvgIpc) is 3.22. The summed E-state index contributed by atoms with van der Waals surface area (Å²) >= 11 is 3.34. The number of rotatable bonds is 7. The molecule has 0 atom stereocenters. The topological polar surface area (TPSA) is 108 Å². The Kier molecular flexibility index (Phi) is 6.55. The van der Waals surface area contributed by atoms with Gasteiger partial charge in [0, 0.05) is 15.7 Å². The van der Waals surface area contributed by atoms with Crippen LogP contribution in [0.2, 0.25) is 0 Å². The molecular weight excluding hydrogens is 444 g/mol. The first kappa shape index (κ1) is 20.5. The van der Waals surface area contributed by atoms with Crippen LogP contribution in [-0.2, 0) is 6.54 Å². The zero-order valence-corrected chi connectivity index (χ0v) is 17.6. The van der Waals surface area contributed by atoms with Crippen molar-refractivity contribution in [2.45, 2.75) is 6.54 Å². The van der Waals surface area contributed by atoms with Gasteiger partial charge in [-0.05, 0) is 36.4 Å². The maximum absolute atomic E-state index is 12.0. The first-order valence-electron chi connectivity index (χ1n) is 8.47. The number of aromatic nitrogens is 2. The lowest BCUT2D eigenvalue weighted by Crippen LogP contribution is -2.28. The molecule has 2 amide bonds. The van der Waals surface area contributed by atoms with Gasteiger partial charge >= 0.3 is 6.03 Å². The smallest absolute Gasteiger partial charge is 0.319 e. The average molecular weight is 463 g/mol. The number of anilines is 1. The normalized spacial score (nSPS) is 10.3. The van der Waals surface area contributed by atoms with Crippen molar-refractivity contribution in [2.24, 2.45) is 0 Å². The van der Waals surface area contributed by atoms with E-state index in [9.17, 15) is 4.79 Å². The van der Waals surface area contributed by atoms with Crippen molar-refractivity contribution in [3.05, 3.63) is 46.8 Å². The molecule has 1 aromatic heterocycles. The molecule has 0 fully saturated rings. The molecule has 0 aliphatic carbocycles. The van der Waals surface area contributed by atoms with Gasteiger partial charge in [-0.1, -0.05) is 21.1 Å². The minimum Gasteiger partial charge on any atom is -0.493 e. The Morgan fingerprint density at radius 2 is 1.72 bits per heavy atom. The van der Waals surface area contributed by atoms with E-state index in [0.717, 1.165) is 4.47 Å². The Morgan fingerprint density at radius 1 is 1.07 bits per heavy atom. The minimum atomic E-state index is -0.389. The Balaban J connectivity index is 1.67. The number of hydrogen-bond donors (Lipinski definition) is 2. The number of benzene rings is 2. The van der Waals surface area contributed by atoms with Crippen molar-refractivity contribution < 1.29 is 23.5 Å². The summed E-state index contributed by atoms with van der Waals surface area (Å²) < 4.78 is 22.1. The Hall–Kier alpha value is -3.27. The quantitative estimate of drug-likeness (QED) is 0.548. The Labute approximate surface area is 175 Å². The van der Waals surface area contributed by atoms with E-state index in [1.165, 1.54) is 21.3 Å². The summed E-state index contributed by atoms with van der Waals surface area (Å²) in [6.45, 7) is 0.0692. The lowest BCUT2D eigenvalue weighted by atomic mass is 10.1. The van der Waals surface area contributed by atoms with Gasteiger partial charge in [0.05, 0.1) is 27.9 Å². The van der Waals surface area contributed by atoms with E-state index < -0.39 is 0 Å². The second-order valence-electron chi connectivity index (χ2n) is 5.74. The van der Waals surface area contributed by atoms with Crippen molar-refractivity contribution >= 4 is 27.6 Å². The third kappa shape index (κ3) is 4.96. The number of nitrogens with one attached hydrogen (secondary N) is 2. The Bertz CT molecular complexity index is 966. The van der Waals surface area contributed by atoms with Crippen LogP contribution in [0, 0.1) is 0 Å². The fourth-order valence-electron chi connectivity index (χ4n) is 2.52. The molecular formula is C19H19BrN4O5. The van der Waals surface area contributed by atoms with E-state index in [-0.39, 0.29) is 18.5 Å². The Morgan fingerprint density at radius 3 is 2.31 bits per heavy atom. The monoisotopic (exact) mass is 462 g/mol. The number of nitrogens with zero attached hydrogens (tertiary/aromatic N) is 2. The number of carbonyl (C=O) groups excluding carboxylic acids is 1. The first-order chi connectivity index (χ1) is 14.0.